The Morgan fingerprint density at radius 3 is 2.63 bits per heavy atom. The number of nitrogens with one attached hydrogen (secondary N) is 3. The van der Waals surface area contributed by atoms with Crippen LogP contribution < -0.4 is 10.6 Å². The van der Waals surface area contributed by atoms with Crippen molar-refractivity contribution in [2.24, 2.45) is 5.92 Å². The average Bonchev–Trinajstić information content (AvgIpc) is 3.54. The van der Waals surface area contributed by atoms with Gasteiger partial charge in [0.15, 0.2) is 0 Å². The SMILES string of the molecule is CC[C@H](C)[C@H](NC(=O)[C@@H]1Cc2c([nH]c3ccccc23)[C@@H]2c3ccccc3C(=O)N21)C(=O)NC1CC1. The van der Waals surface area contributed by atoms with Gasteiger partial charge in [0.05, 0.1) is 6.04 Å². The topological polar surface area (TPSA) is 94.3 Å². The predicted molar refractivity (Wildman–Crippen MR) is 133 cm³/mol. The largest absolute Gasteiger partial charge is 0.356 e. The Bertz CT molecular complexity index is 1340. The maximum Gasteiger partial charge on any atom is 0.255 e. The van der Waals surface area contributed by atoms with E-state index < -0.39 is 12.1 Å². The minimum atomic E-state index is -0.702. The number of hydrogen-bond acceptors (Lipinski definition) is 3. The lowest BCUT2D eigenvalue weighted by molar-refractivity contribution is -0.133. The normalized spacial score (nSPS) is 22.2. The number of H-pyrrole nitrogens is 1. The van der Waals surface area contributed by atoms with E-state index in [4.69, 9.17) is 0 Å². The second-order valence-electron chi connectivity index (χ2n) is 10.1. The van der Waals surface area contributed by atoms with Crippen molar-refractivity contribution in [1.82, 2.24) is 20.5 Å². The Kier molecular flexibility index (Phi) is 5.16. The van der Waals surface area contributed by atoms with Gasteiger partial charge in [0, 0.05) is 34.6 Å². The number of carbonyl (C=O) groups excluding carboxylic acids is 3. The first-order valence-corrected chi connectivity index (χ1v) is 12.6. The zero-order valence-corrected chi connectivity index (χ0v) is 20.0. The fourth-order valence-corrected chi connectivity index (χ4v) is 5.61. The van der Waals surface area contributed by atoms with Crippen LogP contribution in [0.3, 0.4) is 0 Å². The van der Waals surface area contributed by atoms with E-state index in [-0.39, 0.29) is 35.7 Å². The lowest BCUT2D eigenvalue weighted by Crippen LogP contribution is -2.58. The molecule has 0 unspecified atom stereocenters. The van der Waals surface area contributed by atoms with E-state index in [1.165, 1.54) is 0 Å². The highest BCUT2D eigenvalue weighted by Gasteiger charge is 2.49. The van der Waals surface area contributed by atoms with Gasteiger partial charge in [-0.2, -0.15) is 0 Å². The molecule has 2 aliphatic heterocycles. The number of nitrogens with zero attached hydrogens (tertiary/aromatic N) is 1. The molecule has 3 aromatic rings. The van der Waals surface area contributed by atoms with Gasteiger partial charge in [0.25, 0.3) is 5.91 Å². The number of aromatic nitrogens is 1. The maximum atomic E-state index is 13.8. The first kappa shape index (κ1) is 21.9. The van der Waals surface area contributed by atoms with Crippen LogP contribution in [0.4, 0.5) is 0 Å². The number of fused-ring (bicyclic) bond motifs is 7. The number of benzene rings is 2. The average molecular weight is 471 g/mol. The molecule has 3 amide bonds. The molecule has 4 atom stereocenters. The molecule has 6 rings (SSSR count). The van der Waals surface area contributed by atoms with Crippen LogP contribution in [-0.2, 0) is 16.0 Å². The fourth-order valence-electron chi connectivity index (χ4n) is 5.61. The van der Waals surface area contributed by atoms with Crippen LogP contribution in [0, 0.1) is 5.92 Å². The van der Waals surface area contributed by atoms with Crippen molar-refractivity contribution in [2.75, 3.05) is 0 Å². The lowest BCUT2D eigenvalue weighted by Gasteiger charge is -2.38. The quantitative estimate of drug-likeness (QED) is 0.515. The molecule has 3 N–H and O–H groups in total. The molecular weight excluding hydrogens is 440 g/mol. The van der Waals surface area contributed by atoms with Crippen LogP contribution in [0.5, 0.6) is 0 Å². The fraction of sp³-hybridized carbons (Fsp3) is 0.393. The number of rotatable bonds is 6. The summed E-state index contributed by atoms with van der Waals surface area (Å²) in [5, 5.41) is 7.16. The van der Waals surface area contributed by atoms with Gasteiger partial charge in [-0.25, -0.2) is 0 Å². The summed E-state index contributed by atoms with van der Waals surface area (Å²) >= 11 is 0. The van der Waals surface area contributed by atoms with Crippen molar-refractivity contribution < 1.29 is 14.4 Å². The van der Waals surface area contributed by atoms with Crippen LogP contribution in [0.2, 0.25) is 0 Å². The summed E-state index contributed by atoms with van der Waals surface area (Å²) in [6.45, 7) is 4.00. The number of hydrogen-bond donors (Lipinski definition) is 3. The Morgan fingerprint density at radius 2 is 1.86 bits per heavy atom. The van der Waals surface area contributed by atoms with E-state index in [0.717, 1.165) is 47.0 Å². The second-order valence-corrected chi connectivity index (χ2v) is 10.1. The highest BCUT2D eigenvalue weighted by atomic mass is 16.2. The van der Waals surface area contributed by atoms with E-state index in [1.54, 1.807) is 4.90 Å². The van der Waals surface area contributed by atoms with E-state index in [2.05, 4.69) is 21.7 Å². The van der Waals surface area contributed by atoms with Crippen molar-refractivity contribution in [3.8, 4) is 0 Å². The Labute approximate surface area is 204 Å². The zero-order chi connectivity index (χ0) is 24.3. The smallest absolute Gasteiger partial charge is 0.255 e. The summed E-state index contributed by atoms with van der Waals surface area (Å²) in [4.78, 5) is 45.7. The van der Waals surface area contributed by atoms with Crippen LogP contribution >= 0.6 is 0 Å². The third kappa shape index (κ3) is 3.52. The second kappa shape index (κ2) is 8.26. The minimum absolute atomic E-state index is 0.0211. The van der Waals surface area contributed by atoms with Crippen molar-refractivity contribution >= 4 is 28.6 Å². The Balaban J connectivity index is 1.39. The van der Waals surface area contributed by atoms with E-state index >= 15 is 0 Å². The molecule has 3 heterocycles. The van der Waals surface area contributed by atoms with Crippen molar-refractivity contribution in [3.05, 3.63) is 70.9 Å². The van der Waals surface area contributed by atoms with Gasteiger partial charge in [-0.15, -0.1) is 0 Å². The van der Waals surface area contributed by atoms with Crippen LogP contribution in [0.1, 0.15) is 66.3 Å². The summed E-state index contributed by atoms with van der Waals surface area (Å²) in [7, 11) is 0. The summed E-state index contributed by atoms with van der Waals surface area (Å²) in [6, 6.07) is 14.2. The molecule has 35 heavy (non-hydrogen) atoms. The summed E-state index contributed by atoms with van der Waals surface area (Å²) in [6.07, 6.45) is 3.14. The van der Waals surface area contributed by atoms with Crippen LogP contribution in [0.15, 0.2) is 48.5 Å². The molecule has 3 aliphatic rings. The molecular formula is C28H30N4O3. The predicted octanol–water partition coefficient (Wildman–Crippen LogP) is 3.45. The molecule has 2 aromatic carbocycles. The summed E-state index contributed by atoms with van der Waals surface area (Å²) in [5.74, 6) is -0.570. The maximum absolute atomic E-state index is 13.8. The first-order valence-electron chi connectivity index (χ1n) is 12.6. The molecule has 7 heteroatoms. The number of aromatic amines is 1. The highest BCUT2D eigenvalue weighted by Crippen LogP contribution is 2.46. The van der Waals surface area contributed by atoms with Gasteiger partial charge in [-0.1, -0.05) is 56.7 Å². The standard InChI is InChI=1S/C28H30N4O3/c1-3-15(2)23(27(34)29-16-12-13-16)31-26(33)22-14-20-17-8-6-7-11-21(17)30-24(20)25-18-9-4-5-10-19(18)28(35)32(22)25/h4-11,15-16,22-23,25,30H,3,12-14H2,1-2H3,(H,29,34)(H,31,33)/t15-,22-,23-,25-/m0/s1. The molecule has 7 nitrogen and oxygen atoms in total. The Hall–Kier alpha value is -3.61. The molecule has 0 bridgehead atoms. The molecule has 0 spiro atoms. The number of amides is 3. The van der Waals surface area contributed by atoms with E-state index in [1.807, 2.05) is 56.3 Å². The van der Waals surface area contributed by atoms with Gasteiger partial charge in [0.1, 0.15) is 12.1 Å². The van der Waals surface area contributed by atoms with Crippen molar-refractivity contribution in [3.63, 3.8) is 0 Å². The minimum Gasteiger partial charge on any atom is -0.356 e. The third-order valence-corrected chi connectivity index (χ3v) is 7.87. The van der Waals surface area contributed by atoms with Gasteiger partial charge < -0.3 is 20.5 Å². The number of carbonyl (C=O) groups is 3. The molecule has 1 aliphatic carbocycles. The zero-order valence-electron chi connectivity index (χ0n) is 20.0. The van der Waals surface area contributed by atoms with Gasteiger partial charge in [-0.3, -0.25) is 14.4 Å². The lowest BCUT2D eigenvalue weighted by atomic mass is 9.89. The Morgan fingerprint density at radius 1 is 1.11 bits per heavy atom. The van der Waals surface area contributed by atoms with Crippen LogP contribution in [0.25, 0.3) is 10.9 Å². The molecule has 1 fully saturated rings. The molecule has 0 radical (unpaired) electrons. The summed E-state index contributed by atoms with van der Waals surface area (Å²) in [5.41, 5.74) is 4.57. The van der Waals surface area contributed by atoms with E-state index in [0.29, 0.717) is 12.0 Å². The molecule has 1 aromatic heterocycles. The molecule has 1 saturated carbocycles. The third-order valence-electron chi connectivity index (χ3n) is 7.87. The molecule has 180 valence electrons. The first-order chi connectivity index (χ1) is 17.0. The van der Waals surface area contributed by atoms with Crippen molar-refractivity contribution in [2.45, 2.75) is 63.7 Å². The molecule has 0 saturated heterocycles. The van der Waals surface area contributed by atoms with Crippen molar-refractivity contribution in [1.29, 1.82) is 0 Å². The van der Waals surface area contributed by atoms with E-state index in [9.17, 15) is 14.4 Å². The van der Waals surface area contributed by atoms with Gasteiger partial charge in [0.2, 0.25) is 11.8 Å². The monoisotopic (exact) mass is 470 g/mol. The highest BCUT2D eigenvalue weighted by molar-refractivity contribution is 6.04. The van der Waals surface area contributed by atoms with Crippen LogP contribution in [-0.4, -0.2) is 45.7 Å². The van der Waals surface area contributed by atoms with Gasteiger partial charge >= 0.3 is 0 Å². The summed E-state index contributed by atoms with van der Waals surface area (Å²) < 4.78 is 0. The number of para-hydroxylation sites is 1. The van der Waals surface area contributed by atoms with Gasteiger partial charge in [-0.05, 0) is 42.0 Å².